The van der Waals surface area contributed by atoms with Gasteiger partial charge in [0.05, 0.1) is 18.0 Å². The molecule has 0 fully saturated rings. The maximum atomic E-state index is 5.65. The monoisotopic (exact) mass is 275 g/mol. The summed E-state index contributed by atoms with van der Waals surface area (Å²) in [5.41, 5.74) is 1.86. The highest BCUT2D eigenvalue weighted by Crippen LogP contribution is 2.21. The van der Waals surface area contributed by atoms with Gasteiger partial charge in [0.2, 0.25) is 0 Å². The number of hydrogen-bond donors (Lipinski definition) is 1. The van der Waals surface area contributed by atoms with E-state index >= 15 is 0 Å². The second kappa shape index (κ2) is 5.93. The Morgan fingerprint density at radius 3 is 2.79 bits per heavy atom. The summed E-state index contributed by atoms with van der Waals surface area (Å²) in [5, 5.41) is 0. The first kappa shape index (κ1) is 13.7. The van der Waals surface area contributed by atoms with Gasteiger partial charge in [0.15, 0.2) is 0 Å². The van der Waals surface area contributed by atoms with Gasteiger partial charge in [0, 0.05) is 18.2 Å². The number of aromatic amines is 1. The second-order valence-corrected chi connectivity index (χ2v) is 4.93. The molecular formula is C14H17N3OS. The van der Waals surface area contributed by atoms with Gasteiger partial charge in [-0.05, 0) is 26.0 Å². The Morgan fingerprint density at radius 2 is 2.11 bits per heavy atom. The summed E-state index contributed by atoms with van der Waals surface area (Å²) in [6.45, 7) is 6.01. The number of nitrogens with one attached hydrogen (secondary N) is 1. The SMILES string of the molecule is CCc1nc(=S)cc(-c2cncc(OC(C)C)c2)[nH]1. The van der Waals surface area contributed by atoms with Gasteiger partial charge < -0.3 is 9.72 Å². The Labute approximate surface area is 117 Å². The smallest absolute Gasteiger partial charge is 0.138 e. The number of nitrogens with zero attached hydrogens (tertiary/aromatic N) is 2. The lowest BCUT2D eigenvalue weighted by Crippen LogP contribution is -2.05. The van der Waals surface area contributed by atoms with Crippen molar-refractivity contribution in [1.29, 1.82) is 0 Å². The highest BCUT2D eigenvalue weighted by molar-refractivity contribution is 7.71. The topological polar surface area (TPSA) is 50.8 Å². The molecule has 0 amide bonds. The van der Waals surface area contributed by atoms with Crippen molar-refractivity contribution >= 4 is 12.2 Å². The van der Waals surface area contributed by atoms with Gasteiger partial charge in [-0.2, -0.15) is 0 Å². The van der Waals surface area contributed by atoms with E-state index in [9.17, 15) is 0 Å². The largest absolute Gasteiger partial charge is 0.489 e. The van der Waals surface area contributed by atoms with Crippen molar-refractivity contribution in [2.45, 2.75) is 33.3 Å². The van der Waals surface area contributed by atoms with Crippen LogP contribution in [0.5, 0.6) is 5.75 Å². The fourth-order valence-corrected chi connectivity index (χ4v) is 1.96. The summed E-state index contributed by atoms with van der Waals surface area (Å²) in [4.78, 5) is 11.7. The minimum Gasteiger partial charge on any atom is -0.489 e. The molecular weight excluding hydrogens is 258 g/mol. The van der Waals surface area contributed by atoms with Crippen LogP contribution in [0, 0.1) is 4.64 Å². The Hall–Kier alpha value is -1.75. The van der Waals surface area contributed by atoms with E-state index in [-0.39, 0.29) is 6.10 Å². The molecule has 0 unspecified atom stereocenters. The van der Waals surface area contributed by atoms with E-state index in [1.807, 2.05) is 32.9 Å². The van der Waals surface area contributed by atoms with Gasteiger partial charge in [-0.25, -0.2) is 4.98 Å². The van der Waals surface area contributed by atoms with Crippen LogP contribution in [-0.4, -0.2) is 21.1 Å². The standard InChI is InChI=1S/C14H17N3OS/c1-4-13-16-12(6-14(19)17-13)10-5-11(8-15-7-10)18-9(2)3/h5-9H,4H2,1-3H3,(H,16,17,19). The van der Waals surface area contributed by atoms with E-state index in [0.717, 1.165) is 29.3 Å². The lowest BCUT2D eigenvalue weighted by molar-refractivity contribution is 0.241. The predicted octanol–water partition coefficient (Wildman–Crippen LogP) is 3.55. The summed E-state index contributed by atoms with van der Waals surface area (Å²) in [6, 6.07) is 3.79. The fourth-order valence-electron chi connectivity index (χ4n) is 1.73. The molecule has 2 rings (SSSR count). The van der Waals surface area contributed by atoms with Crippen LogP contribution in [0.2, 0.25) is 0 Å². The van der Waals surface area contributed by atoms with Crippen molar-refractivity contribution in [3.8, 4) is 17.0 Å². The molecule has 0 aliphatic rings. The van der Waals surface area contributed by atoms with Crippen molar-refractivity contribution in [2.75, 3.05) is 0 Å². The lowest BCUT2D eigenvalue weighted by Gasteiger charge is -2.10. The molecule has 0 atom stereocenters. The predicted molar refractivity (Wildman–Crippen MR) is 77.8 cm³/mol. The fraction of sp³-hybridized carbons (Fsp3) is 0.357. The molecule has 0 spiro atoms. The maximum absolute atomic E-state index is 5.65. The van der Waals surface area contributed by atoms with Gasteiger partial charge in [0.1, 0.15) is 16.2 Å². The third kappa shape index (κ3) is 3.61. The Morgan fingerprint density at radius 1 is 1.32 bits per heavy atom. The van der Waals surface area contributed by atoms with Crippen molar-refractivity contribution in [2.24, 2.45) is 0 Å². The van der Waals surface area contributed by atoms with Gasteiger partial charge in [-0.1, -0.05) is 19.1 Å². The molecule has 5 heteroatoms. The molecule has 0 aliphatic carbocycles. The van der Waals surface area contributed by atoms with Crippen LogP contribution in [0.15, 0.2) is 24.5 Å². The number of aryl methyl sites for hydroxylation is 1. The molecule has 0 aromatic carbocycles. The highest BCUT2D eigenvalue weighted by Gasteiger charge is 2.05. The summed E-state index contributed by atoms with van der Waals surface area (Å²) in [7, 11) is 0. The molecule has 0 radical (unpaired) electrons. The molecule has 100 valence electrons. The first-order valence-corrected chi connectivity index (χ1v) is 6.71. The quantitative estimate of drug-likeness (QED) is 0.867. The number of ether oxygens (including phenoxy) is 1. The van der Waals surface area contributed by atoms with Gasteiger partial charge >= 0.3 is 0 Å². The zero-order valence-electron chi connectivity index (χ0n) is 11.3. The number of hydrogen-bond acceptors (Lipinski definition) is 4. The zero-order chi connectivity index (χ0) is 13.8. The van der Waals surface area contributed by atoms with Gasteiger partial charge in [-0.15, -0.1) is 0 Å². The molecule has 0 saturated heterocycles. The minimum atomic E-state index is 0.124. The Kier molecular flexibility index (Phi) is 4.27. The number of aromatic nitrogens is 3. The molecule has 2 aromatic rings. The Bertz CT molecular complexity index is 622. The van der Waals surface area contributed by atoms with Gasteiger partial charge in [-0.3, -0.25) is 4.98 Å². The summed E-state index contributed by atoms with van der Waals surface area (Å²) >= 11 is 5.17. The van der Waals surface area contributed by atoms with Crippen LogP contribution >= 0.6 is 12.2 Å². The van der Waals surface area contributed by atoms with Crippen LogP contribution in [-0.2, 0) is 6.42 Å². The van der Waals surface area contributed by atoms with E-state index in [2.05, 4.69) is 15.0 Å². The average Bonchev–Trinajstić information content (AvgIpc) is 2.37. The van der Waals surface area contributed by atoms with Crippen molar-refractivity contribution < 1.29 is 4.74 Å². The normalized spacial score (nSPS) is 10.7. The van der Waals surface area contributed by atoms with E-state index in [0.29, 0.717) is 4.64 Å². The minimum absolute atomic E-state index is 0.124. The Balaban J connectivity index is 2.41. The first-order valence-electron chi connectivity index (χ1n) is 6.30. The van der Waals surface area contributed by atoms with Gasteiger partial charge in [0.25, 0.3) is 0 Å². The van der Waals surface area contributed by atoms with Crippen molar-refractivity contribution in [1.82, 2.24) is 15.0 Å². The summed E-state index contributed by atoms with van der Waals surface area (Å²) in [6.07, 6.45) is 4.43. The summed E-state index contributed by atoms with van der Waals surface area (Å²) in [5.74, 6) is 1.62. The van der Waals surface area contributed by atoms with Crippen molar-refractivity contribution in [3.63, 3.8) is 0 Å². The van der Waals surface area contributed by atoms with E-state index in [4.69, 9.17) is 17.0 Å². The molecule has 1 N–H and O–H groups in total. The second-order valence-electron chi connectivity index (χ2n) is 4.51. The molecule has 2 aromatic heterocycles. The van der Waals surface area contributed by atoms with E-state index in [1.54, 1.807) is 12.4 Å². The lowest BCUT2D eigenvalue weighted by atomic mass is 10.2. The third-order valence-electron chi connectivity index (χ3n) is 2.52. The van der Waals surface area contributed by atoms with Crippen LogP contribution < -0.4 is 4.74 Å². The molecule has 4 nitrogen and oxygen atoms in total. The van der Waals surface area contributed by atoms with E-state index < -0.39 is 0 Å². The zero-order valence-corrected chi connectivity index (χ0v) is 12.1. The molecule has 19 heavy (non-hydrogen) atoms. The maximum Gasteiger partial charge on any atom is 0.138 e. The number of rotatable bonds is 4. The van der Waals surface area contributed by atoms with Crippen LogP contribution in [0.3, 0.4) is 0 Å². The first-order chi connectivity index (χ1) is 9.08. The van der Waals surface area contributed by atoms with Crippen LogP contribution in [0.25, 0.3) is 11.3 Å². The van der Waals surface area contributed by atoms with Crippen molar-refractivity contribution in [3.05, 3.63) is 35.0 Å². The van der Waals surface area contributed by atoms with Crippen LogP contribution in [0.4, 0.5) is 0 Å². The highest BCUT2D eigenvalue weighted by atomic mass is 32.1. The molecule has 0 bridgehead atoms. The van der Waals surface area contributed by atoms with Crippen LogP contribution in [0.1, 0.15) is 26.6 Å². The van der Waals surface area contributed by atoms with E-state index in [1.165, 1.54) is 0 Å². The summed E-state index contributed by atoms with van der Waals surface area (Å²) < 4.78 is 6.23. The third-order valence-corrected chi connectivity index (χ3v) is 2.73. The number of pyridine rings is 1. The average molecular weight is 275 g/mol. The molecule has 0 saturated carbocycles. The number of H-pyrrole nitrogens is 1. The molecule has 2 heterocycles. The molecule has 0 aliphatic heterocycles.